The van der Waals surface area contributed by atoms with Gasteiger partial charge in [-0.1, -0.05) is 34.6 Å². The van der Waals surface area contributed by atoms with Crippen molar-refractivity contribution in [3.05, 3.63) is 18.3 Å². The molecule has 1 aromatic heterocycles. The summed E-state index contributed by atoms with van der Waals surface area (Å²) in [5.41, 5.74) is 0.143. The van der Waals surface area contributed by atoms with Crippen LogP contribution in [-0.2, 0) is 0 Å². The minimum atomic E-state index is 0.143. The first-order valence-corrected chi connectivity index (χ1v) is 8.74. The Hall–Kier alpha value is -1.29. The Morgan fingerprint density at radius 1 is 1.26 bits per heavy atom. The maximum Gasteiger partial charge on any atom is 0.217 e. The molecular formula is C19H32N2O2. The standard InChI is InChI=1S/C19H32N2O2/c1-13(2)14(3)21-15-9-17(10-15)23-18-11-16(7-8-20-18)22-12-19(4,5)6/h7-8,11,13-15,17,21H,9-10,12H2,1-6H3/t14-,15-,17+/m0/s1. The molecule has 23 heavy (non-hydrogen) atoms. The van der Waals surface area contributed by atoms with Gasteiger partial charge in [-0.3, -0.25) is 0 Å². The van der Waals surface area contributed by atoms with Crippen molar-refractivity contribution in [3.8, 4) is 11.6 Å². The molecular weight excluding hydrogens is 288 g/mol. The van der Waals surface area contributed by atoms with Crippen LogP contribution >= 0.6 is 0 Å². The SMILES string of the molecule is CC(C)[C@H](C)N[C@H]1C[C@@H](Oc2cc(OCC(C)(C)C)ccn2)C1. The monoisotopic (exact) mass is 320 g/mol. The summed E-state index contributed by atoms with van der Waals surface area (Å²) >= 11 is 0. The molecule has 0 unspecified atom stereocenters. The molecule has 1 aliphatic rings. The predicted octanol–water partition coefficient (Wildman–Crippen LogP) is 4.05. The Balaban J connectivity index is 1.77. The average molecular weight is 320 g/mol. The summed E-state index contributed by atoms with van der Waals surface area (Å²) < 4.78 is 11.8. The van der Waals surface area contributed by atoms with E-state index in [-0.39, 0.29) is 11.5 Å². The van der Waals surface area contributed by atoms with Crippen LogP contribution in [0, 0.1) is 11.3 Å². The Kier molecular flexibility index (Phi) is 5.90. The van der Waals surface area contributed by atoms with E-state index in [1.165, 1.54) is 0 Å². The molecule has 1 atom stereocenters. The van der Waals surface area contributed by atoms with Crippen molar-refractivity contribution in [1.82, 2.24) is 10.3 Å². The first-order valence-electron chi connectivity index (χ1n) is 8.74. The number of pyridine rings is 1. The lowest BCUT2D eigenvalue weighted by atomic mass is 9.88. The Morgan fingerprint density at radius 3 is 2.57 bits per heavy atom. The first kappa shape index (κ1) is 18.1. The van der Waals surface area contributed by atoms with Gasteiger partial charge in [-0.25, -0.2) is 4.98 Å². The molecule has 0 aromatic carbocycles. The van der Waals surface area contributed by atoms with E-state index in [0.29, 0.717) is 30.5 Å². The molecule has 0 bridgehead atoms. The Labute approximate surface area is 141 Å². The highest BCUT2D eigenvalue weighted by Crippen LogP contribution is 2.28. The minimum Gasteiger partial charge on any atom is -0.493 e. The molecule has 1 aliphatic carbocycles. The predicted molar refractivity (Wildman–Crippen MR) is 94.1 cm³/mol. The van der Waals surface area contributed by atoms with Crippen LogP contribution in [0.4, 0.5) is 0 Å². The van der Waals surface area contributed by atoms with Crippen molar-refractivity contribution in [2.75, 3.05) is 6.61 Å². The van der Waals surface area contributed by atoms with E-state index in [0.717, 1.165) is 18.6 Å². The van der Waals surface area contributed by atoms with Crippen molar-refractivity contribution in [2.24, 2.45) is 11.3 Å². The van der Waals surface area contributed by atoms with Crippen molar-refractivity contribution in [2.45, 2.75) is 72.6 Å². The molecule has 1 aromatic rings. The van der Waals surface area contributed by atoms with Gasteiger partial charge in [0, 0.05) is 24.3 Å². The fourth-order valence-corrected chi connectivity index (χ4v) is 2.38. The fourth-order valence-electron chi connectivity index (χ4n) is 2.38. The summed E-state index contributed by atoms with van der Waals surface area (Å²) in [6.07, 6.45) is 4.11. The third kappa shape index (κ3) is 6.02. The molecule has 0 spiro atoms. The highest BCUT2D eigenvalue weighted by atomic mass is 16.5. The van der Waals surface area contributed by atoms with E-state index < -0.39 is 0 Å². The van der Waals surface area contributed by atoms with E-state index in [1.807, 2.05) is 12.1 Å². The van der Waals surface area contributed by atoms with Crippen LogP contribution in [0.2, 0.25) is 0 Å². The van der Waals surface area contributed by atoms with Crippen LogP contribution in [0.5, 0.6) is 11.6 Å². The summed E-state index contributed by atoms with van der Waals surface area (Å²) in [5, 5.41) is 3.65. The summed E-state index contributed by atoms with van der Waals surface area (Å²) in [6.45, 7) is 13.9. The number of nitrogens with zero attached hydrogens (tertiary/aromatic N) is 1. The second-order valence-electron chi connectivity index (χ2n) is 8.29. The topological polar surface area (TPSA) is 43.4 Å². The second-order valence-corrected chi connectivity index (χ2v) is 8.29. The lowest BCUT2D eigenvalue weighted by Gasteiger charge is -2.38. The quantitative estimate of drug-likeness (QED) is 0.823. The van der Waals surface area contributed by atoms with Gasteiger partial charge in [0.15, 0.2) is 0 Å². The van der Waals surface area contributed by atoms with Crippen molar-refractivity contribution in [1.29, 1.82) is 0 Å². The summed E-state index contributed by atoms with van der Waals surface area (Å²) in [4.78, 5) is 4.30. The summed E-state index contributed by atoms with van der Waals surface area (Å²) in [6, 6.07) is 4.89. The fraction of sp³-hybridized carbons (Fsp3) is 0.737. The number of rotatable bonds is 7. The van der Waals surface area contributed by atoms with Crippen molar-refractivity contribution in [3.63, 3.8) is 0 Å². The molecule has 4 nitrogen and oxygen atoms in total. The average Bonchev–Trinajstić information content (AvgIpc) is 2.42. The van der Waals surface area contributed by atoms with Gasteiger partial charge in [0.25, 0.3) is 0 Å². The second kappa shape index (κ2) is 7.52. The van der Waals surface area contributed by atoms with Crippen LogP contribution < -0.4 is 14.8 Å². The first-order chi connectivity index (χ1) is 10.7. The number of ether oxygens (including phenoxy) is 2. The van der Waals surface area contributed by atoms with Gasteiger partial charge in [-0.05, 0) is 37.2 Å². The summed E-state index contributed by atoms with van der Waals surface area (Å²) in [5.74, 6) is 2.15. The van der Waals surface area contributed by atoms with Crippen LogP contribution in [0.3, 0.4) is 0 Å². The Bertz CT molecular complexity index is 490. The number of aromatic nitrogens is 1. The molecule has 0 aliphatic heterocycles. The molecule has 4 heteroatoms. The highest BCUT2D eigenvalue weighted by Gasteiger charge is 2.32. The molecule has 1 saturated carbocycles. The molecule has 1 heterocycles. The lowest BCUT2D eigenvalue weighted by Crippen LogP contribution is -2.50. The van der Waals surface area contributed by atoms with Gasteiger partial charge in [0.05, 0.1) is 6.61 Å². The van der Waals surface area contributed by atoms with Crippen LogP contribution in [-0.4, -0.2) is 29.8 Å². The minimum absolute atomic E-state index is 0.143. The normalized spacial score (nSPS) is 22.6. The van der Waals surface area contributed by atoms with E-state index in [4.69, 9.17) is 9.47 Å². The molecule has 130 valence electrons. The van der Waals surface area contributed by atoms with Crippen LogP contribution in [0.1, 0.15) is 54.4 Å². The number of hydrogen-bond donors (Lipinski definition) is 1. The van der Waals surface area contributed by atoms with Gasteiger partial charge in [-0.15, -0.1) is 0 Å². The van der Waals surface area contributed by atoms with Gasteiger partial charge < -0.3 is 14.8 Å². The molecule has 1 N–H and O–H groups in total. The highest BCUT2D eigenvalue weighted by molar-refractivity contribution is 5.26. The van der Waals surface area contributed by atoms with E-state index in [1.54, 1.807) is 6.20 Å². The maximum atomic E-state index is 5.96. The van der Waals surface area contributed by atoms with Gasteiger partial charge in [-0.2, -0.15) is 0 Å². The smallest absolute Gasteiger partial charge is 0.217 e. The van der Waals surface area contributed by atoms with Crippen LogP contribution in [0.25, 0.3) is 0 Å². The number of nitrogens with one attached hydrogen (secondary N) is 1. The Morgan fingerprint density at radius 2 is 1.96 bits per heavy atom. The van der Waals surface area contributed by atoms with Crippen LogP contribution in [0.15, 0.2) is 18.3 Å². The third-order valence-electron chi connectivity index (χ3n) is 4.26. The van der Waals surface area contributed by atoms with Gasteiger partial charge in [0.1, 0.15) is 11.9 Å². The maximum absolute atomic E-state index is 5.96. The molecule has 1 fully saturated rings. The van der Waals surface area contributed by atoms with Gasteiger partial charge >= 0.3 is 0 Å². The zero-order valence-electron chi connectivity index (χ0n) is 15.4. The largest absolute Gasteiger partial charge is 0.493 e. The molecule has 0 amide bonds. The third-order valence-corrected chi connectivity index (χ3v) is 4.26. The zero-order chi connectivity index (χ0) is 17.0. The van der Waals surface area contributed by atoms with E-state index in [2.05, 4.69) is 51.8 Å². The zero-order valence-corrected chi connectivity index (χ0v) is 15.4. The van der Waals surface area contributed by atoms with Crippen molar-refractivity contribution >= 4 is 0 Å². The molecule has 2 rings (SSSR count). The van der Waals surface area contributed by atoms with Crippen molar-refractivity contribution < 1.29 is 9.47 Å². The molecule has 0 radical (unpaired) electrons. The van der Waals surface area contributed by atoms with E-state index >= 15 is 0 Å². The van der Waals surface area contributed by atoms with E-state index in [9.17, 15) is 0 Å². The molecule has 0 saturated heterocycles. The lowest BCUT2D eigenvalue weighted by molar-refractivity contribution is 0.0728. The number of hydrogen-bond acceptors (Lipinski definition) is 4. The van der Waals surface area contributed by atoms with Gasteiger partial charge in [0.2, 0.25) is 5.88 Å². The summed E-state index contributed by atoms with van der Waals surface area (Å²) in [7, 11) is 0.